The summed E-state index contributed by atoms with van der Waals surface area (Å²) in [5, 5.41) is 11.3. The summed E-state index contributed by atoms with van der Waals surface area (Å²) in [6, 6.07) is 1.64. The van der Waals surface area contributed by atoms with Gasteiger partial charge in [0.1, 0.15) is 5.03 Å². The fraction of sp³-hybridized carbons (Fsp3) is 0.571. The summed E-state index contributed by atoms with van der Waals surface area (Å²) in [5.41, 5.74) is 0. The van der Waals surface area contributed by atoms with Crippen molar-refractivity contribution in [2.45, 2.75) is 17.9 Å². The smallest absolute Gasteiger partial charge is 0.237 e. The van der Waals surface area contributed by atoms with Crippen LogP contribution in [0.25, 0.3) is 0 Å². The average Bonchev–Trinajstić information content (AvgIpc) is 2.13. The van der Waals surface area contributed by atoms with Crippen LogP contribution in [0.3, 0.4) is 0 Å². The number of hydrogen-bond acceptors (Lipinski definition) is 6. The standard InChI is InChI=1S/C7H11N3OS2/c12-4-2-1-3-11-6-5-7(13)9-10-8-6/h5,12H,1-4H2,(H,8,9,13). The molecule has 1 rings (SSSR count). The molecule has 13 heavy (non-hydrogen) atoms. The second-order valence-corrected chi connectivity index (χ2v) is 3.31. The summed E-state index contributed by atoms with van der Waals surface area (Å²) in [6.45, 7) is 0.631. The molecule has 0 bridgehead atoms. The van der Waals surface area contributed by atoms with E-state index < -0.39 is 0 Å². The van der Waals surface area contributed by atoms with E-state index in [0.717, 1.165) is 18.6 Å². The molecule has 0 aliphatic rings. The van der Waals surface area contributed by atoms with Gasteiger partial charge in [0.2, 0.25) is 5.88 Å². The molecular formula is C7H11N3OS2. The fourth-order valence-electron chi connectivity index (χ4n) is 0.742. The molecule has 1 aromatic rings. The summed E-state index contributed by atoms with van der Waals surface area (Å²) >= 11 is 8.10. The van der Waals surface area contributed by atoms with Crippen molar-refractivity contribution in [1.82, 2.24) is 15.4 Å². The van der Waals surface area contributed by atoms with E-state index in [1.165, 1.54) is 0 Å². The Morgan fingerprint density at radius 1 is 1.31 bits per heavy atom. The Morgan fingerprint density at radius 3 is 2.85 bits per heavy atom. The van der Waals surface area contributed by atoms with Crippen LogP contribution in [-0.2, 0) is 0 Å². The van der Waals surface area contributed by atoms with Gasteiger partial charge in [-0.2, -0.15) is 12.6 Å². The molecule has 0 aliphatic heterocycles. The Morgan fingerprint density at radius 2 is 2.15 bits per heavy atom. The third-order valence-corrected chi connectivity index (χ3v) is 1.88. The lowest BCUT2D eigenvalue weighted by molar-refractivity contribution is 0.291. The molecule has 0 saturated heterocycles. The number of thiol groups is 2. The molecule has 0 N–H and O–H groups in total. The van der Waals surface area contributed by atoms with Crippen LogP contribution in [0.2, 0.25) is 0 Å². The first-order chi connectivity index (χ1) is 6.33. The van der Waals surface area contributed by atoms with Gasteiger partial charge in [0.15, 0.2) is 0 Å². The Bertz CT molecular complexity index is 259. The number of hydrogen-bond donors (Lipinski definition) is 2. The number of ether oxygens (including phenoxy) is 1. The van der Waals surface area contributed by atoms with Crippen molar-refractivity contribution in [3.8, 4) is 5.88 Å². The van der Waals surface area contributed by atoms with Crippen molar-refractivity contribution in [2.75, 3.05) is 12.4 Å². The van der Waals surface area contributed by atoms with E-state index in [2.05, 4.69) is 40.7 Å². The van der Waals surface area contributed by atoms with Crippen molar-refractivity contribution in [2.24, 2.45) is 0 Å². The third-order valence-electron chi connectivity index (χ3n) is 1.35. The molecule has 0 aliphatic carbocycles. The van der Waals surface area contributed by atoms with E-state index in [4.69, 9.17) is 4.74 Å². The zero-order valence-corrected chi connectivity index (χ0v) is 8.84. The predicted molar refractivity (Wildman–Crippen MR) is 55.7 cm³/mol. The van der Waals surface area contributed by atoms with Crippen molar-refractivity contribution in [1.29, 1.82) is 0 Å². The molecule has 0 saturated carbocycles. The first-order valence-electron chi connectivity index (χ1n) is 3.96. The first-order valence-corrected chi connectivity index (χ1v) is 5.04. The van der Waals surface area contributed by atoms with Gasteiger partial charge in [-0.15, -0.1) is 17.7 Å². The highest BCUT2D eigenvalue weighted by atomic mass is 32.1. The molecular weight excluding hydrogens is 206 g/mol. The van der Waals surface area contributed by atoms with Crippen LogP contribution >= 0.6 is 25.3 Å². The Balaban J connectivity index is 2.28. The molecule has 1 aromatic heterocycles. The monoisotopic (exact) mass is 217 g/mol. The quantitative estimate of drug-likeness (QED) is 0.575. The van der Waals surface area contributed by atoms with E-state index in [1.807, 2.05) is 0 Å². The topological polar surface area (TPSA) is 47.9 Å². The highest BCUT2D eigenvalue weighted by molar-refractivity contribution is 7.80. The van der Waals surface area contributed by atoms with Crippen molar-refractivity contribution in [3.05, 3.63) is 6.07 Å². The molecule has 6 heteroatoms. The zero-order valence-electron chi connectivity index (χ0n) is 7.05. The number of aromatic nitrogens is 3. The lowest BCUT2D eigenvalue weighted by Crippen LogP contribution is -2.01. The van der Waals surface area contributed by atoms with E-state index in [1.54, 1.807) is 6.07 Å². The average molecular weight is 217 g/mol. The van der Waals surface area contributed by atoms with Gasteiger partial charge in [-0.1, -0.05) is 5.10 Å². The van der Waals surface area contributed by atoms with E-state index in [0.29, 0.717) is 17.5 Å². The molecule has 72 valence electrons. The maximum absolute atomic E-state index is 5.29. The second kappa shape index (κ2) is 6.04. The summed E-state index contributed by atoms with van der Waals surface area (Å²) in [4.78, 5) is 0. The lowest BCUT2D eigenvalue weighted by atomic mass is 10.4. The van der Waals surface area contributed by atoms with Crippen molar-refractivity contribution >= 4 is 25.3 Å². The molecule has 0 fully saturated rings. The highest BCUT2D eigenvalue weighted by Crippen LogP contribution is 2.08. The van der Waals surface area contributed by atoms with Crippen LogP contribution in [0.4, 0.5) is 0 Å². The largest absolute Gasteiger partial charge is 0.476 e. The normalized spacial score (nSPS) is 10.0. The summed E-state index contributed by atoms with van der Waals surface area (Å²) in [5.74, 6) is 1.35. The van der Waals surface area contributed by atoms with Gasteiger partial charge in [0, 0.05) is 6.07 Å². The Labute approximate surface area is 87.9 Å². The van der Waals surface area contributed by atoms with E-state index in [9.17, 15) is 0 Å². The minimum Gasteiger partial charge on any atom is -0.476 e. The van der Waals surface area contributed by atoms with Gasteiger partial charge >= 0.3 is 0 Å². The number of rotatable bonds is 5. The molecule has 0 aromatic carbocycles. The van der Waals surface area contributed by atoms with Crippen LogP contribution < -0.4 is 4.74 Å². The van der Waals surface area contributed by atoms with Gasteiger partial charge in [0.05, 0.1) is 6.61 Å². The first kappa shape index (κ1) is 10.6. The van der Waals surface area contributed by atoms with Gasteiger partial charge in [0.25, 0.3) is 0 Å². The molecule has 4 nitrogen and oxygen atoms in total. The minimum absolute atomic E-state index is 0.471. The predicted octanol–water partition coefficient (Wildman–Crippen LogP) is 1.25. The molecule has 0 spiro atoms. The maximum atomic E-state index is 5.29. The van der Waals surface area contributed by atoms with E-state index in [-0.39, 0.29) is 0 Å². The number of nitrogens with zero attached hydrogens (tertiary/aromatic N) is 3. The SMILES string of the molecule is SCCCCOc1cc(S)nnn1. The van der Waals surface area contributed by atoms with Gasteiger partial charge in [-0.3, -0.25) is 0 Å². The van der Waals surface area contributed by atoms with Crippen molar-refractivity contribution < 1.29 is 4.74 Å². The van der Waals surface area contributed by atoms with Crippen LogP contribution in [0.5, 0.6) is 5.88 Å². The van der Waals surface area contributed by atoms with Crippen LogP contribution in [0.1, 0.15) is 12.8 Å². The van der Waals surface area contributed by atoms with Crippen molar-refractivity contribution in [3.63, 3.8) is 0 Å². The Kier molecular flexibility index (Phi) is 4.92. The lowest BCUT2D eigenvalue weighted by Gasteiger charge is -2.02. The summed E-state index contributed by atoms with van der Waals surface area (Å²) in [7, 11) is 0. The summed E-state index contributed by atoms with van der Waals surface area (Å²) < 4.78 is 5.29. The highest BCUT2D eigenvalue weighted by Gasteiger charge is 1.97. The zero-order chi connectivity index (χ0) is 9.52. The number of unbranched alkanes of at least 4 members (excludes halogenated alkanes) is 1. The van der Waals surface area contributed by atoms with Gasteiger partial charge in [-0.05, 0) is 23.8 Å². The fourth-order valence-corrected chi connectivity index (χ4v) is 1.12. The summed E-state index contributed by atoms with van der Waals surface area (Å²) in [6.07, 6.45) is 2.00. The molecule has 0 atom stereocenters. The Hall–Kier alpha value is -0.490. The van der Waals surface area contributed by atoms with Crippen LogP contribution in [-0.4, -0.2) is 27.8 Å². The van der Waals surface area contributed by atoms with Crippen LogP contribution in [0, 0.1) is 0 Å². The molecule has 0 unspecified atom stereocenters. The van der Waals surface area contributed by atoms with Crippen LogP contribution in [0.15, 0.2) is 11.1 Å². The molecule has 0 amide bonds. The maximum Gasteiger partial charge on any atom is 0.237 e. The van der Waals surface area contributed by atoms with E-state index >= 15 is 0 Å². The van der Waals surface area contributed by atoms with Gasteiger partial charge in [-0.25, -0.2) is 0 Å². The van der Waals surface area contributed by atoms with Gasteiger partial charge < -0.3 is 4.74 Å². The second-order valence-electron chi connectivity index (χ2n) is 2.41. The third kappa shape index (κ3) is 4.33. The molecule has 1 heterocycles. The minimum atomic E-state index is 0.471. The molecule has 0 radical (unpaired) electrons.